The summed E-state index contributed by atoms with van der Waals surface area (Å²) in [4.78, 5) is 0.406. The Hall–Kier alpha value is -0.910. The van der Waals surface area contributed by atoms with Crippen molar-refractivity contribution < 1.29 is 13.5 Å². The summed E-state index contributed by atoms with van der Waals surface area (Å²) >= 11 is 0. The van der Waals surface area contributed by atoms with Crippen LogP contribution in [0.15, 0.2) is 29.2 Å². The van der Waals surface area contributed by atoms with Gasteiger partial charge in [0, 0.05) is 12.1 Å². The van der Waals surface area contributed by atoms with E-state index in [1.54, 1.807) is 16.4 Å². The van der Waals surface area contributed by atoms with Crippen molar-refractivity contribution in [3.63, 3.8) is 0 Å². The summed E-state index contributed by atoms with van der Waals surface area (Å²) in [6.45, 7) is 1.83. The lowest BCUT2D eigenvalue weighted by atomic mass is 10.0. The van der Waals surface area contributed by atoms with Crippen LogP contribution in [0.2, 0.25) is 0 Å². The van der Waals surface area contributed by atoms with E-state index in [1.165, 1.54) is 0 Å². The molecule has 2 fully saturated rings. The third-order valence-electron chi connectivity index (χ3n) is 4.29. The largest absolute Gasteiger partial charge is 0.393 e. The van der Waals surface area contributed by atoms with Gasteiger partial charge in [-0.25, -0.2) is 8.42 Å². The van der Waals surface area contributed by atoms with Crippen molar-refractivity contribution in [1.29, 1.82) is 0 Å². The molecule has 2 heterocycles. The van der Waals surface area contributed by atoms with Crippen LogP contribution in [0, 0.1) is 6.92 Å². The summed E-state index contributed by atoms with van der Waals surface area (Å²) in [5.74, 6) is 0. The van der Waals surface area contributed by atoms with Crippen LogP contribution in [0.5, 0.6) is 0 Å². The number of sulfonamides is 1. The molecule has 2 aliphatic rings. The van der Waals surface area contributed by atoms with Crippen molar-refractivity contribution in [1.82, 2.24) is 4.31 Å². The van der Waals surface area contributed by atoms with E-state index in [1.807, 2.05) is 19.1 Å². The van der Waals surface area contributed by atoms with Gasteiger partial charge in [0.1, 0.15) is 0 Å². The van der Waals surface area contributed by atoms with Crippen molar-refractivity contribution >= 4 is 10.0 Å². The van der Waals surface area contributed by atoms with Crippen molar-refractivity contribution in [2.45, 2.75) is 55.7 Å². The van der Waals surface area contributed by atoms with Crippen molar-refractivity contribution in [3.8, 4) is 0 Å². The molecule has 5 heteroatoms. The Kier molecular flexibility index (Phi) is 3.15. The predicted octanol–water partition coefficient (Wildman–Crippen LogP) is 1.67. The molecule has 1 aromatic rings. The SMILES string of the molecule is Cc1ccccc1S(=O)(=O)N1C2CCC1CC(O)C2. The first-order valence-electron chi connectivity index (χ1n) is 6.77. The molecule has 1 N–H and O–H groups in total. The van der Waals surface area contributed by atoms with Crippen LogP contribution >= 0.6 is 0 Å². The zero-order valence-corrected chi connectivity index (χ0v) is 11.8. The molecule has 2 aliphatic heterocycles. The minimum atomic E-state index is -3.43. The smallest absolute Gasteiger partial charge is 0.243 e. The van der Waals surface area contributed by atoms with Crippen LogP contribution in [0.3, 0.4) is 0 Å². The molecule has 3 rings (SSSR count). The monoisotopic (exact) mass is 281 g/mol. The topological polar surface area (TPSA) is 57.6 Å². The zero-order valence-electron chi connectivity index (χ0n) is 11.0. The number of nitrogens with zero attached hydrogens (tertiary/aromatic N) is 1. The molecule has 2 atom stereocenters. The maximum absolute atomic E-state index is 12.8. The minimum absolute atomic E-state index is 0.0293. The van der Waals surface area contributed by atoms with Crippen LogP contribution in [0.25, 0.3) is 0 Å². The van der Waals surface area contributed by atoms with Gasteiger partial charge in [0.25, 0.3) is 0 Å². The lowest BCUT2D eigenvalue weighted by Crippen LogP contribution is -2.47. The first-order valence-corrected chi connectivity index (χ1v) is 8.21. The third kappa shape index (κ3) is 2.10. The number of aryl methyl sites for hydroxylation is 1. The molecular formula is C14H19NO3S. The fourth-order valence-electron chi connectivity index (χ4n) is 3.46. The highest BCUT2D eigenvalue weighted by Crippen LogP contribution is 2.40. The van der Waals surface area contributed by atoms with Crippen LogP contribution in [0.4, 0.5) is 0 Å². The number of hydrogen-bond acceptors (Lipinski definition) is 3. The number of fused-ring (bicyclic) bond motifs is 2. The minimum Gasteiger partial charge on any atom is -0.393 e. The Balaban J connectivity index is 2.01. The average molecular weight is 281 g/mol. The molecule has 0 radical (unpaired) electrons. The normalized spacial score (nSPS) is 31.6. The highest BCUT2D eigenvalue weighted by Gasteiger charge is 2.47. The fourth-order valence-corrected chi connectivity index (χ4v) is 5.58. The van der Waals surface area contributed by atoms with Crippen LogP contribution < -0.4 is 0 Å². The third-order valence-corrected chi connectivity index (χ3v) is 6.46. The van der Waals surface area contributed by atoms with Gasteiger partial charge in [-0.15, -0.1) is 0 Å². The summed E-state index contributed by atoms with van der Waals surface area (Å²) in [6.07, 6.45) is 2.53. The standard InChI is InChI=1S/C14H19NO3S/c1-10-4-2-3-5-14(10)19(17,18)15-11-6-7-12(15)9-13(16)8-11/h2-5,11-13,16H,6-9H2,1H3. The maximum Gasteiger partial charge on any atom is 0.243 e. The molecule has 2 unspecified atom stereocenters. The number of benzene rings is 1. The molecule has 104 valence electrons. The highest BCUT2D eigenvalue weighted by molar-refractivity contribution is 7.89. The van der Waals surface area contributed by atoms with Crippen LogP contribution in [-0.4, -0.2) is 36.0 Å². The summed E-state index contributed by atoms with van der Waals surface area (Å²) in [6, 6.07) is 7.06. The Labute approximate surface area is 114 Å². The number of aliphatic hydroxyl groups is 1. The Morgan fingerprint density at radius 1 is 1.16 bits per heavy atom. The zero-order chi connectivity index (χ0) is 13.6. The first-order chi connectivity index (χ1) is 9.00. The summed E-state index contributed by atoms with van der Waals surface area (Å²) in [5.41, 5.74) is 0.785. The summed E-state index contributed by atoms with van der Waals surface area (Å²) < 4.78 is 27.3. The lowest BCUT2D eigenvalue weighted by Gasteiger charge is -2.36. The van der Waals surface area contributed by atoms with Gasteiger partial charge in [0.15, 0.2) is 0 Å². The van der Waals surface area contributed by atoms with E-state index in [0.717, 1.165) is 18.4 Å². The van der Waals surface area contributed by atoms with Gasteiger partial charge < -0.3 is 5.11 Å². The second kappa shape index (κ2) is 4.58. The van der Waals surface area contributed by atoms with Gasteiger partial charge in [-0.1, -0.05) is 18.2 Å². The van der Waals surface area contributed by atoms with Crippen LogP contribution in [-0.2, 0) is 10.0 Å². The number of aliphatic hydroxyl groups excluding tert-OH is 1. The molecule has 1 aromatic carbocycles. The van der Waals surface area contributed by atoms with Gasteiger partial charge in [-0.05, 0) is 44.2 Å². The summed E-state index contributed by atoms with van der Waals surface area (Å²) in [5, 5.41) is 9.78. The molecule has 0 aromatic heterocycles. The molecule has 0 amide bonds. The van der Waals surface area contributed by atoms with Crippen molar-refractivity contribution in [2.24, 2.45) is 0 Å². The molecule has 0 saturated carbocycles. The van der Waals surface area contributed by atoms with Gasteiger partial charge in [0.2, 0.25) is 10.0 Å². The molecule has 2 bridgehead atoms. The molecule has 0 aliphatic carbocycles. The molecule has 19 heavy (non-hydrogen) atoms. The fraction of sp³-hybridized carbons (Fsp3) is 0.571. The average Bonchev–Trinajstić information content (AvgIpc) is 2.63. The summed E-state index contributed by atoms with van der Waals surface area (Å²) in [7, 11) is -3.43. The highest BCUT2D eigenvalue weighted by atomic mass is 32.2. The maximum atomic E-state index is 12.8. The van der Waals surface area contributed by atoms with Crippen LogP contribution in [0.1, 0.15) is 31.2 Å². The van der Waals surface area contributed by atoms with E-state index in [4.69, 9.17) is 0 Å². The van der Waals surface area contributed by atoms with Gasteiger partial charge in [-0.2, -0.15) is 4.31 Å². The van der Waals surface area contributed by atoms with E-state index in [-0.39, 0.29) is 18.2 Å². The Morgan fingerprint density at radius 2 is 1.74 bits per heavy atom. The van der Waals surface area contributed by atoms with Gasteiger partial charge in [-0.3, -0.25) is 0 Å². The second-order valence-corrected chi connectivity index (χ2v) is 7.42. The van der Waals surface area contributed by atoms with E-state index >= 15 is 0 Å². The van der Waals surface area contributed by atoms with Crippen molar-refractivity contribution in [3.05, 3.63) is 29.8 Å². The van der Waals surface area contributed by atoms with E-state index in [2.05, 4.69) is 0 Å². The molecular weight excluding hydrogens is 262 g/mol. The molecule has 0 spiro atoms. The number of rotatable bonds is 2. The molecule has 2 saturated heterocycles. The lowest BCUT2D eigenvalue weighted by molar-refractivity contribution is 0.0768. The van der Waals surface area contributed by atoms with Gasteiger partial charge >= 0.3 is 0 Å². The van der Waals surface area contributed by atoms with E-state index in [0.29, 0.717) is 17.7 Å². The number of hydrogen-bond donors (Lipinski definition) is 1. The van der Waals surface area contributed by atoms with Gasteiger partial charge in [0.05, 0.1) is 11.0 Å². The second-order valence-electron chi connectivity index (χ2n) is 5.61. The van der Waals surface area contributed by atoms with Crippen molar-refractivity contribution in [2.75, 3.05) is 0 Å². The number of piperidine rings is 1. The molecule has 4 nitrogen and oxygen atoms in total. The quantitative estimate of drug-likeness (QED) is 0.897. The van der Waals surface area contributed by atoms with E-state index in [9.17, 15) is 13.5 Å². The Morgan fingerprint density at radius 3 is 2.32 bits per heavy atom. The van der Waals surface area contributed by atoms with E-state index < -0.39 is 10.0 Å². The Bertz CT molecular complexity index is 570. The predicted molar refractivity (Wildman–Crippen MR) is 72.3 cm³/mol. The first kappa shape index (κ1) is 13.1.